The van der Waals surface area contributed by atoms with Crippen molar-refractivity contribution in [3.63, 3.8) is 0 Å². The van der Waals surface area contributed by atoms with E-state index in [1.54, 1.807) is 35.0 Å². The lowest BCUT2D eigenvalue weighted by atomic mass is 10.1. The molecule has 0 radical (unpaired) electrons. The van der Waals surface area contributed by atoms with Crippen LogP contribution in [0, 0.1) is 12.7 Å². The Morgan fingerprint density at radius 1 is 0.571 bits per heavy atom. The lowest BCUT2D eigenvalue weighted by Crippen LogP contribution is -2.06. The molecule has 6 rings (SSSR count). The minimum Gasteiger partial charge on any atom is -0.493 e. The van der Waals surface area contributed by atoms with E-state index < -0.39 is 0 Å². The van der Waals surface area contributed by atoms with Gasteiger partial charge in [0.15, 0.2) is 23.0 Å². The highest BCUT2D eigenvalue weighted by molar-refractivity contribution is 7.14. The molecule has 6 aromatic rings. The molecule has 4 aromatic carbocycles. The van der Waals surface area contributed by atoms with Gasteiger partial charge in [-0.1, -0.05) is 17.7 Å². The molecule has 0 aliphatic rings. The van der Waals surface area contributed by atoms with Crippen LogP contribution in [-0.2, 0) is 0 Å². The summed E-state index contributed by atoms with van der Waals surface area (Å²) in [6, 6.07) is 19.6. The summed E-state index contributed by atoms with van der Waals surface area (Å²) in [6.45, 7) is 2.00. The van der Waals surface area contributed by atoms with Crippen LogP contribution in [0.15, 0.2) is 83.6 Å². The first kappa shape index (κ1) is 41.6. The summed E-state index contributed by atoms with van der Waals surface area (Å²) in [5.41, 5.74) is 3.63. The van der Waals surface area contributed by atoms with E-state index >= 15 is 0 Å². The number of thiazole rings is 2. The molecule has 292 valence electrons. The smallest absolute Gasteiger partial charge is 0.212 e. The van der Waals surface area contributed by atoms with Gasteiger partial charge in [-0.05, 0) is 67.6 Å². The lowest BCUT2D eigenvalue weighted by molar-refractivity contribution is 0.102. The highest BCUT2D eigenvalue weighted by Gasteiger charge is 2.23. The quantitative estimate of drug-likeness (QED) is 0.0767. The SMILES string of the molecule is COc1cc(C(=O)c2csc(N(Cl)c3ccc(C)cc3)n2)cc(OC)c1OC.COc1cc(C(=O)c2csc(N(Cl)c3ccc(F)cc3)n2)cc(OC)c1OC. The van der Waals surface area contributed by atoms with E-state index in [0.29, 0.717) is 61.6 Å². The Morgan fingerprint density at radius 3 is 1.23 bits per heavy atom. The summed E-state index contributed by atoms with van der Waals surface area (Å²) < 4.78 is 47.5. The van der Waals surface area contributed by atoms with Crippen molar-refractivity contribution in [2.75, 3.05) is 51.5 Å². The number of ketones is 2. The van der Waals surface area contributed by atoms with Crippen LogP contribution in [0.3, 0.4) is 0 Å². The number of aryl methyl sites for hydroxylation is 1. The van der Waals surface area contributed by atoms with Gasteiger partial charge in [0.1, 0.15) is 17.2 Å². The second-order valence-electron chi connectivity index (χ2n) is 11.4. The zero-order valence-corrected chi connectivity index (χ0v) is 34.2. The highest BCUT2D eigenvalue weighted by Crippen LogP contribution is 2.41. The van der Waals surface area contributed by atoms with Gasteiger partial charge in [0.05, 0.1) is 54.0 Å². The van der Waals surface area contributed by atoms with Crippen LogP contribution in [0.25, 0.3) is 0 Å². The van der Waals surface area contributed by atoms with Crippen LogP contribution in [-0.4, -0.2) is 64.2 Å². The molecule has 0 aliphatic heterocycles. The zero-order valence-electron chi connectivity index (χ0n) is 31.1. The van der Waals surface area contributed by atoms with Crippen LogP contribution in [0.1, 0.15) is 37.7 Å². The van der Waals surface area contributed by atoms with Gasteiger partial charge in [0.2, 0.25) is 33.3 Å². The van der Waals surface area contributed by atoms with Crippen molar-refractivity contribution in [2.45, 2.75) is 6.92 Å². The third-order valence-corrected chi connectivity index (χ3v) is 10.5. The third-order valence-electron chi connectivity index (χ3n) is 7.95. The van der Waals surface area contributed by atoms with Gasteiger partial charge >= 0.3 is 0 Å². The second kappa shape index (κ2) is 18.8. The van der Waals surface area contributed by atoms with E-state index in [1.807, 2.05) is 31.2 Å². The minimum absolute atomic E-state index is 0.210. The fourth-order valence-corrected chi connectivity index (χ4v) is 7.10. The number of benzene rings is 4. The number of ether oxygens (including phenoxy) is 6. The molecule has 0 N–H and O–H groups in total. The molecular formula is C39H35Cl2FN4O8S2. The van der Waals surface area contributed by atoms with Crippen molar-refractivity contribution < 1.29 is 42.4 Å². The van der Waals surface area contributed by atoms with Crippen molar-refractivity contribution in [1.82, 2.24) is 9.97 Å². The molecule has 0 aliphatic carbocycles. The van der Waals surface area contributed by atoms with Crippen molar-refractivity contribution in [3.8, 4) is 34.5 Å². The molecule has 0 saturated heterocycles. The molecule has 0 bridgehead atoms. The monoisotopic (exact) mass is 840 g/mol. The molecule has 17 heteroatoms. The largest absolute Gasteiger partial charge is 0.493 e. The van der Waals surface area contributed by atoms with E-state index in [0.717, 1.165) is 11.3 Å². The zero-order chi connectivity index (χ0) is 40.5. The molecule has 0 atom stereocenters. The standard InChI is InChI=1S/C20H19ClN2O4S.C19H16ClFN2O4S/c1-12-5-7-14(8-6-12)23(21)20-22-15(11-28-20)18(24)13-9-16(25-2)19(27-4)17(10-13)26-3;1-25-15-8-11(9-16(26-2)18(15)27-3)17(24)14-10-28-19(22-14)23(20)13-6-4-12(21)5-7-13/h5-11H,1-4H3;4-10H,1-3H3. The number of carbonyl (C=O) groups excluding carboxylic acids is 2. The molecule has 2 heterocycles. The fourth-order valence-electron chi connectivity index (χ4n) is 5.11. The molecule has 12 nitrogen and oxygen atoms in total. The van der Waals surface area contributed by atoms with Crippen molar-refractivity contribution in [3.05, 3.63) is 117 Å². The van der Waals surface area contributed by atoms with E-state index in [-0.39, 0.29) is 28.8 Å². The number of nitrogens with zero attached hydrogens (tertiary/aromatic N) is 4. The van der Waals surface area contributed by atoms with Gasteiger partial charge in [-0.25, -0.2) is 23.2 Å². The van der Waals surface area contributed by atoms with Crippen LogP contribution in [0.4, 0.5) is 26.0 Å². The summed E-state index contributed by atoms with van der Waals surface area (Å²) in [5.74, 6) is 1.39. The Morgan fingerprint density at radius 2 is 0.911 bits per heavy atom. The van der Waals surface area contributed by atoms with Crippen LogP contribution < -0.4 is 37.3 Å². The van der Waals surface area contributed by atoms with E-state index in [1.165, 1.54) is 98.4 Å². The lowest BCUT2D eigenvalue weighted by Gasteiger charge is -2.13. The van der Waals surface area contributed by atoms with Crippen LogP contribution in [0.5, 0.6) is 34.5 Å². The number of rotatable bonds is 14. The van der Waals surface area contributed by atoms with Crippen LogP contribution >= 0.6 is 46.2 Å². The second-order valence-corrected chi connectivity index (χ2v) is 13.7. The molecule has 0 spiro atoms. The predicted octanol–water partition coefficient (Wildman–Crippen LogP) is 9.83. The summed E-state index contributed by atoms with van der Waals surface area (Å²) in [4.78, 5) is 34.5. The molecule has 0 fully saturated rings. The summed E-state index contributed by atoms with van der Waals surface area (Å²) in [5, 5.41) is 4.15. The Bertz CT molecular complexity index is 2090. The normalized spacial score (nSPS) is 10.5. The average Bonchev–Trinajstić information content (AvgIpc) is 3.94. The number of hydrogen-bond donors (Lipinski definition) is 0. The first-order chi connectivity index (χ1) is 27.0. The van der Waals surface area contributed by atoms with E-state index in [2.05, 4.69) is 9.97 Å². The van der Waals surface area contributed by atoms with Gasteiger partial charge in [0.25, 0.3) is 0 Å². The predicted molar refractivity (Wildman–Crippen MR) is 217 cm³/mol. The fraction of sp³-hybridized carbons (Fsp3) is 0.179. The van der Waals surface area contributed by atoms with Gasteiger partial charge < -0.3 is 28.4 Å². The van der Waals surface area contributed by atoms with E-state index in [9.17, 15) is 14.0 Å². The number of carbonyl (C=O) groups is 2. The maximum atomic E-state index is 13.1. The number of halogens is 3. The Hall–Kier alpha value is -5.61. The Kier molecular flexibility index (Phi) is 14.0. The summed E-state index contributed by atoms with van der Waals surface area (Å²) in [6.07, 6.45) is 0. The molecule has 0 saturated carbocycles. The average molecular weight is 842 g/mol. The van der Waals surface area contributed by atoms with Gasteiger partial charge in [-0.15, -0.1) is 22.7 Å². The van der Waals surface area contributed by atoms with Gasteiger partial charge in [-0.3, -0.25) is 9.59 Å². The number of anilines is 4. The number of hydrogen-bond acceptors (Lipinski definition) is 14. The van der Waals surface area contributed by atoms with Gasteiger partial charge in [-0.2, -0.15) is 0 Å². The molecular weight excluding hydrogens is 806 g/mol. The first-order valence-electron chi connectivity index (χ1n) is 16.3. The topological polar surface area (TPSA) is 122 Å². The minimum atomic E-state index is -0.369. The number of aromatic nitrogens is 2. The maximum Gasteiger partial charge on any atom is 0.212 e. The Labute approximate surface area is 340 Å². The maximum absolute atomic E-state index is 13.1. The van der Waals surface area contributed by atoms with Crippen molar-refractivity contribution >= 4 is 79.4 Å². The molecule has 2 aromatic heterocycles. The summed E-state index contributed by atoms with van der Waals surface area (Å²) in [7, 11) is 8.94. The Balaban J connectivity index is 0.000000214. The van der Waals surface area contributed by atoms with Crippen molar-refractivity contribution in [2.24, 2.45) is 0 Å². The first-order valence-corrected chi connectivity index (χ1v) is 18.7. The molecule has 56 heavy (non-hydrogen) atoms. The van der Waals surface area contributed by atoms with Crippen molar-refractivity contribution in [1.29, 1.82) is 0 Å². The third kappa shape index (κ3) is 9.25. The highest BCUT2D eigenvalue weighted by atomic mass is 35.5. The summed E-state index contributed by atoms with van der Waals surface area (Å²) >= 11 is 15.1. The van der Waals surface area contributed by atoms with E-state index in [4.69, 9.17) is 52.0 Å². The molecule has 0 amide bonds. The van der Waals surface area contributed by atoms with Gasteiger partial charge in [0, 0.05) is 45.4 Å². The number of methoxy groups -OCH3 is 6. The molecule has 0 unspecified atom stereocenters. The van der Waals surface area contributed by atoms with Crippen LogP contribution in [0.2, 0.25) is 0 Å².